The highest BCUT2D eigenvalue weighted by Gasteiger charge is 2.73. The van der Waals surface area contributed by atoms with Gasteiger partial charge in [0.25, 0.3) is 0 Å². The minimum atomic E-state index is -0.780. The van der Waals surface area contributed by atoms with E-state index in [9.17, 15) is 4.79 Å². The molecule has 6 heteroatoms. The Labute approximate surface area is 139 Å². The van der Waals surface area contributed by atoms with Crippen molar-refractivity contribution in [1.29, 1.82) is 0 Å². The molecule has 6 nitrogen and oxygen atoms in total. The first-order valence-electron chi connectivity index (χ1n) is 8.18. The van der Waals surface area contributed by atoms with Crippen molar-refractivity contribution in [3.63, 3.8) is 0 Å². The lowest BCUT2D eigenvalue weighted by Crippen LogP contribution is -2.22. The van der Waals surface area contributed by atoms with Crippen LogP contribution in [0.15, 0.2) is 17.7 Å². The van der Waals surface area contributed by atoms with Crippen LogP contribution in [0.3, 0.4) is 0 Å². The Morgan fingerprint density at radius 3 is 3.00 bits per heavy atom. The maximum absolute atomic E-state index is 12.4. The summed E-state index contributed by atoms with van der Waals surface area (Å²) < 4.78 is 28.4. The first-order chi connectivity index (χ1) is 11.6. The van der Waals surface area contributed by atoms with E-state index in [1.807, 2.05) is 6.07 Å². The van der Waals surface area contributed by atoms with Gasteiger partial charge in [0.15, 0.2) is 23.2 Å². The number of fused-ring (bicyclic) bond motifs is 4. The lowest BCUT2D eigenvalue weighted by Gasteiger charge is -2.21. The average molecular weight is 330 g/mol. The Morgan fingerprint density at radius 2 is 2.21 bits per heavy atom. The van der Waals surface area contributed by atoms with Gasteiger partial charge in [0, 0.05) is 17.2 Å². The molecule has 3 atom stereocenters. The van der Waals surface area contributed by atoms with Gasteiger partial charge in [0.1, 0.15) is 11.9 Å². The number of ether oxygens (including phenoxy) is 5. The van der Waals surface area contributed by atoms with E-state index in [4.69, 9.17) is 23.7 Å². The van der Waals surface area contributed by atoms with Gasteiger partial charge in [0.05, 0.1) is 7.11 Å². The van der Waals surface area contributed by atoms with Gasteiger partial charge in [-0.05, 0) is 26.2 Å². The summed E-state index contributed by atoms with van der Waals surface area (Å²) in [7, 11) is 1.61. The molecule has 0 N–H and O–H groups in total. The van der Waals surface area contributed by atoms with Crippen LogP contribution >= 0.6 is 0 Å². The second-order valence-electron chi connectivity index (χ2n) is 6.72. The molecule has 1 aromatic rings. The lowest BCUT2D eigenvalue weighted by molar-refractivity contribution is -0.154. The van der Waals surface area contributed by atoms with Gasteiger partial charge in [-0.25, -0.2) is 4.79 Å². The summed E-state index contributed by atoms with van der Waals surface area (Å²) in [6.07, 6.45) is 3.61. The summed E-state index contributed by atoms with van der Waals surface area (Å²) >= 11 is 0. The maximum Gasteiger partial charge on any atom is 0.342 e. The third kappa shape index (κ3) is 1.72. The van der Waals surface area contributed by atoms with Crippen LogP contribution < -0.4 is 14.2 Å². The van der Waals surface area contributed by atoms with Crippen molar-refractivity contribution in [2.45, 2.75) is 44.0 Å². The Balaban J connectivity index is 1.75. The van der Waals surface area contributed by atoms with E-state index in [0.29, 0.717) is 30.1 Å². The van der Waals surface area contributed by atoms with E-state index in [-0.39, 0.29) is 18.9 Å². The van der Waals surface area contributed by atoms with Crippen LogP contribution in [-0.2, 0) is 20.7 Å². The zero-order valence-electron chi connectivity index (χ0n) is 13.6. The van der Waals surface area contributed by atoms with E-state index in [1.165, 1.54) is 5.57 Å². The highest BCUT2D eigenvalue weighted by Crippen LogP contribution is 2.59. The molecule has 2 saturated heterocycles. The quantitative estimate of drug-likeness (QED) is 0.448. The molecule has 3 aliphatic heterocycles. The zero-order valence-corrected chi connectivity index (χ0v) is 13.6. The number of hydrogen-bond donors (Lipinski definition) is 0. The smallest absolute Gasteiger partial charge is 0.342 e. The molecule has 2 bridgehead atoms. The van der Waals surface area contributed by atoms with Gasteiger partial charge in [-0.3, -0.25) is 0 Å². The summed E-state index contributed by atoms with van der Waals surface area (Å²) in [5.41, 5.74) is 2.23. The standard InChI is InChI=1S/C18H18O6/c1-9-4-3-5-18-16(24-18)15(23-17(18)19)13-10(6-9)14-12(21-8-22-14)7-11(13)20-2/h4,7,15-16H,3,5-6,8H2,1-2H3/b9-4-/t15-,16-,18-/m1/s1. The molecule has 126 valence electrons. The van der Waals surface area contributed by atoms with E-state index in [0.717, 1.165) is 17.5 Å². The molecule has 1 aliphatic carbocycles. The predicted octanol–water partition coefficient (Wildman–Crippen LogP) is 2.44. The summed E-state index contributed by atoms with van der Waals surface area (Å²) in [6.45, 7) is 2.27. The Morgan fingerprint density at radius 1 is 1.33 bits per heavy atom. The number of allylic oxidation sites excluding steroid dienone is 2. The van der Waals surface area contributed by atoms with Crippen molar-refractivity contribution < 1.29 is 28.5 Å². The summed E-state index contributed by atoms with van der Waals surface area (Å²) in [4.78, 5) is 12.4. The Hall–Kier alpha value is -2.21. The van der Waals surface area contributed by atoms with Crippen LogP contribution in [0, 0.1) is 0 Å². The molecular weight excluding hydrogens is 312 g/mol. The molecule has 1 aromatic carbocycles. The van der Waals surface area contributed by atoms with Crippen LogP contribution in [-0.4, -0.2) is 31.6 Å². The van der Waals surface area contributed by atoms with Crippen molar-refractivity contribution in [2.75, 3.05) is 13.9 Å². The van der Waals surface area contributed by atoms with Gasteiger partial charge >= 0.3 is 5.97 Å². The second-order valence-corrected chi connectivity index (χ2v) is 6.72. The zero-order chi connectivity index (χ0) is 16.5. The van der Waals surface area contributed by atoms with Crippen LogP contribution in [0.5, 0.6) is 17.2 Å². The molecule has 24 heavy (non-hydrogen) atoms. The predicted molar refractivity (Wildman–Crippen MR) is 82.2 cm³/mol. The van der Waals surface area contributed by atoms with Gasteiger partial charge < -0.3 is 23.7 Å². The normalized spacial score (nSPS) is 34.6. The fourth-order valence-corrected chi connectivity index (χ4v) is 4.09. The molecule has 0 saturated carbocycles. The van der Waals surface area contributed by atoms with Crippen molar-refractivity contribution in [3.8, 4) is 17.2 Å². The van der Waals surface area contributed by atoms with Crippen molar-refractivity contribution in [1.82, 2.24) is 0 Å². The molecule has 0 amide bonds. The topological polar surface area (TPSA) is 66.5 Å². The molecular formula is C18H18O6. The third-order valence-corrected chi connectivity index (χ3v) is 5.33. The molecule has 5 rings (SSSR count). The fraction of sp³-hybridized carbons (Fsp3) is 0.500. The number of methoxy groups -OCH3 is 1. The minimum Gasteiger partial charge on any atom is -0.496 e. The Kier molecular flexibility index (Phi) is 2.75. The van der Waals surface area contributed by atoms with E-state index in [2.05, 4.69) is 13.0 Å². The fourth-order valence-electron chi connectivity index (χ4n) is 4.09. The highest BCUT2D eigenvalue weighted by atomic mass is 16.7. The number of carbonyl (C=O) groups excluding carboxylic acids is 1. The van der Waals surface area contributed by atoms with Crippen LogP contribution in [0.25, 0.3) is 0 Å². The molecule has 4 aliphatic rings. The first kappa shape index (κ1) is 14.2. The van der Waals surface area contributed by atoms with E-state index in [1.54, 1.807) is 7.11 Å². The number of hydrogen-bond acceptors (Lipinski definition) is 6. The summed E-state index contributed by atoms with van der Waals surface area (Å²) in [6, 6.07) is 1.81. The average Bonchev–Trinajstić information content (AvgIpc) is 2.99. The van der Waals surface area contributed by atoms with E-state index >= 15 is 0 Å². The van der Waals surface area contributed by atoms with Gasteiger partial charge in [-0.2, -0.15) is 0 Å². The number of epoxide rings is 1. The number of carbonyl (C=O) groups is 1. The lowest BCUT2D eigenvalue weighted by atomic mass is 9.88. The summed E-state index contributed by atoms with van der Waals surface area (Å²) in [5.74, 6) is 1.76. The van der Waals surface area contributed by atoms with Gasteiger partial charge in [-0.1, -0.05) is 11.6 Å². The molecule has 0 radical (unpaired) electrons. The maximum atomic E-state index is 12.4. The Bertz CT molecular complexity index is 782. The van der Waals surface area contributed by atoms with Gasteiger partial charge in [-0.15, -0.1) is 0 Å². The minimum absolute atomic E-state index is 0.187. The van der Waals surface area contributed by atoms with Crippen molar-refractivity contribution in [3.05, 3.63) is 28.8 Å². The molecule has 0 unspecified atom stereocenters. The number of benzene rings is 1. The van der Waals surface area contributed by atoms with E-state index < -0.39 is 11.7 Å². The molecule has 3 heterocycles. The van der Waals surface area contributed by atoms with Crippen molar-refractivity contribution in [2.24, 2.45) is 0 Å². The molecule has 2 fully saturated rings. The van der Waals surface area contributed by atoms with Crippen molar-refractivity contribution >= 4 is 5.97 Å². The molecule has 0 aromatic heterocycles. The highest BCUT2D eigenvalue weighted by molar-refractivity contribution is 5.87. The molecule has 0 spiro atoms. The SMILES string of the molecule is COc1cc2c(c3c1[C@H]1OC(=O)[C@]4(CC/C=C(/C)C3)O[C@H]14)OCO2. The second kappa shape index (κ2) is 4.66. The summed E-state index contributed by atoms with van der Waals surface area (Å²) in [5, 5.41) is 0. The number of rotatable bonds is 1. The van der Waals surface area contributed by atoms with Crippen LogP contribution in [0.2, 0.25) is 0 Å². The van der Waals surface area contributed by atoms with Gasteiger partial charge in [0.2, 0.25) is 6.79 Å². The monoisotopic (exact) mass is 330 g/mol. The largest absolute Gasteiger partial charge is 0.496 e. The van der Waals surface area contributed by atoms with Crippen LogP contribution in [0.4, 0.5) is 0 Å². The first-order valence-corrected chi connectivity index (χ1v) is 8.18. The third-order valence-electron chi connectivity index (χ3n) is 5.33. The number of esters is 1. The van der Waals surface area contributed by atoms with Crippen LogP contribution in [0.1, 0.15) is 37.0 Å².